The SMILES string of the molecule is CCCCCCCCc1cccc(Oc2ccc([O-])cc2)c1S(=O)(=O)O.[Na+]. The Bertz CT molecular complexity index is 804. The van der Waals surface area contributed by atoms with Crippen molar-refractivity contribution >= 4 is 10.1 Å². The van der Waals surface area contributed by atoms with Crippen LogP contribution in [-0.2, 0) is 16.5 Å². The second kappa shape index (κ2) is 11.7. The van der Waals surface area contributed by atoms with Crippen LogP contribution in [0.2, 0.25) is 0 Å². The molecule has 0 saturated heterocycles. The largest absolute Gasteiger partial charge is 1.00 e. The maximum absolute atomic E-state index is 11.9. The van der Waals surface area contributed by atoms with E-state index in [0.29, 0.717) is 17.7 Å². The molecule has 0 spiro atoms. The molecular formula is C20H25NaO5S. The molecule has 7 heteroatoms. The third kappa shape index (κ3) is 7.84. The number of hydrogen-bond acceptors (Lipinski definition) is 4. The molecule has 5 nitrogen and oxygen atoms in total. The Morgan fingerprint density at radius 2 is 1.59 bits per heavy atom. The Morgan fingerprint density at radius 1 is 0.963 bits per heavy atom. The molecule has 0 heterocycles. The normalized spacial score (nSPS) is 11.0. The Labute approximate surface area is 183 Å². The number of aryl methyl sites for hydroxylation is 1. The third-order valence-electron chi connectivity index (χ3n) is 4.17. The summed E-state index contributed by atoms with van der Waals surface area (Å²) in [4.78, 5) is -0.195. The minimum atomic E-state index is -4.43. The molecule has 0 bridgehead atoms. The zero-order valence-corrected chi connectivity index (χ0v) is 18.8. The Hall–Kier alpha value is -1.05. The molecule has 0 atom stereocenters. The second-order valence-electron chi connectivity index (χ2n) is 6.31. The van der Waals surface area contributed by atoms with Gasteiger partial charge in [-0.2, -0.15) is 8.42 Å². The molecule has 2 aromatic carbocycles. The van der Waals surface area contributed by atoms with Crippen LogP contribution in [0.3, 0.4) is 0 Å². The molecule has 0 radical (unpaired) electrons. The molecule has 2 aromatic rings. The Morgan fingerprint density at radius 3 is 2.22 bits per heavy atom. The first-order valence-corrected chi connectivity index (χ1v) is 10.4. The molecule has 0 aliphatic rings. The first-order valence-electron chi connectivity index (χ1n) is 8.96. The van der Waals surface area contributed by atoms with Gasteiger partial charge in [-0.25, -0.2) is 0 Å². The van der Waals surface area contributed by atoms with Crippen molar-refractivity contribution in [1.29, 1.82) is 0 Å². The minimum Gasteiger partial charge on any atom is -0.872 e. The van der Waals surface area contributed by atoms with Crippen molar-refractivity contribution in [3.8, 4) is 17.2 Å². The predicted octanol–water partition coefficient (Wildman–Crippen LogP) is 1.71. The average Bonchev–Trinajstić information content (AvgIpc) is 2.59. The fourth-order valence-electron chi connectivity index (χ4n) is 2.86. The van der Waals surface area contributed by atoms with Crippen LogP contribution in [0, 0.1) is 0 Å². The van der Waals surface area contributed by atoms with Gasteiger partial charge in [-0.15, -0.1) is 5.75 Å². The van der Waals surface area contributed by atoms with Gasteiger partial charge in [0, 0.05) is 0 Å². The van der Waals surface area contributed by atoms with Crippen LogP contribution in [0.5, 0.6) is 17.2 Å². The molecule has 0 aliphatic carbocycles. The average molecular weight is 400 g/mol. The van der Waals surface area contributed by atoms with Crippen molar-refractivity contribution in [3.05, 3.63) is 48.0 Å². The van der Waals surface area contributed by atoms with E-state index in [1.54, 1.807) is 12.1 Å². The predicted molar refractivity (Wildman–Crippen MR) is 99.3 cm³/mol. The van der Waals surface area contributed by atoms with Gasteiger partial charge < -0.3 is 9.84 Å². The maximum Gasteiger partial charge on any atom is 1.00 e. The third-order valence-corrected chi connectivity index (χ3v) is 5.15. The van der Waals surface area contributed by atoms with Gasteiger partial charge in [0.1, 0.15) is 16.4 Å². The summed E-state index contributed by atoms with van der Waals surface area (Å²) in [5.74, 6) is 0.241. The van der Waals surface area contributed by atoms with Gasteiger partial charge in [0.25, 0.3) is 10.1 Å². The van der Waals surface area contributed by atoms with E-state index in [1.807, 2.05) is 0 Å². The molecule has 0 aliphatic heterocycles. The molecule has 0 amide bonds. The molecule has 0 aromatic heterocycles. The second-order valence-corrected chi connectivity index (χ2v) is 7.67. The van der Waals surface area contributed by atoms with Crippen molar-refractivity contribution in [2.45, 2.75) is 56.8 Å². The number of rotatable bonds is 10. The van der Waals surface area contributed by atoms with Gasteiger partial charge in [0.2, 0.25) is 0 Å². The standard InChI is InChI=1S/C20H26O5S.Na/c1-2-3-4-5-6-7-9-16-10-8-11-19(20(16)26(22,23)24)25-18-14-12-17(21)13-15-18;/h8,10-15,21H,2-7,9H2,1H3,(H,22,23,24);/q;+1/p-1. The van der Waals surface area contributed by atoms with Gasteiger partial charge >= 0.3 is 29.6 Å². The van der Waals surface area contributed by atoms with Crippen LogP contribution in [0.25, 0.3) is 0 Å². The molecular weight excluding hydrogens is 375 g/mol. The Kier molecular flexibility index (Phi) is 10.4. The van der Waals surface area contributed by atoms with E-state index in [0.717, 1.165) is 19.3 Å². The number of ether oxygens (including phenoxy) is 1. The first kappa shape index (κ1) is 24.0. The van der Waals surface area contributed by atoms with Crippen molar-refractivity contribution in [3.63, 3.8) is 0 Å². The maximum atomic E-state index is 11.9. The number of benzene rings is 2. The molecule has 1 N–H and O–H groups in total. The van der Waals surface area contributed by atoms with Crippen molar-refractivity contribution in [2.75, 3.05) is 0 Å². The summed E-state index contributed by atoms with van der Waals surface area (Å²) in [6, 6.07) is 10.5. The van der Waals surface area contributed by atoms with Crippen LogP contribution in [0.1, 0.15) is 51.0 Å². The van der Waals surface area contributed by atoms with Crippen LogP contribution in [-0.4, -0.2) is 13.0 Å². The summed E-state index contributed by atoms with van der Waals surface area (Å²) in [5.41, 5.74) is 0.543. The first-order chi connectivity index (χ1) is 12.4. The summed E-state index contributed by atoms with van der Waals surface area (Å²) in [7, 11) is -4.43. The van der Waals surface area contributed by atoms with Gasteiger partial charge in [-0.3, -0.25) is 4.55 Å². The van der Waals surface area contributed by atoms with Gasteiger partial charge in [0.05, 0.1) is 0 Å². The molecule has 0 unspecified atom stereocenters. The fraction of sp³-hybridized carbons (Fsp3) is 0.400. The van der Waals surface area contributed by atoms with Crippen molar-refractivity contribution < 1.29 is 52.4 Å². The van der Waals surface area contributed by atoms with E-state index in [9.17, 15) is 18.1 Å². The minimum absolute atomic E-state index is 0. The summed E-state index contributed by atoms with van der Waals surface area (Å²) in [6.07, 6.45) is 7.11. The van der Waals surface area contributed by atoms with Gasteiger partial charge in [-0.1, -0.05) is 63.3 Å². The smallest absolute Gasteiger partial charge is 0.872 e. The van der Waals surface area contributed by atoms with E-state index in [4.69, 9.17) is 4.74 Å². The van der Waals surface area contributed by atoms with Gasteiger partial charge in [0.15, 0.2) is 0 Å². The van der Waals surface area contributed by atoms with Crippen molar-refractivity contribution in [2.24, 2.45) is 0 Å². The summed E-state index contributed by atoms with van der Waals surface area (Å²) in [5, 5.41) is 11.2. The van der Waals surface area contributed by atoms with E-state index in [-0.39, 0.29) is 46.0 Å². The van der Waals surface area contributed by atoms with Gasteiger partial charge in [-0.05, 0) is 36.6 Å². The van der Waals surface area contributed by atoms with E-state index < -0.39 is 10.1 Å². The monoisotopic (exact) mass is 400 g/mol. The number of hydrogen-bond donors (Lipinski definition) is 1. The summed E-state index contributed by atoms with van der Waals surface area (Å²) < 4.78 is 39.1. The molecule has 2 rings (SSSR count). The van der Waals surface area contributed by atoms with E-state index >= 15 is 0 Å². The fourth-order valence-corrected chi connectivity index (χ4v) is 3.73. The van der Waals surface area contributed by atoms with E-state index in [1.165, 1.54) is 49.6 Å². The van der Waals surface area contributed by atoms with Crippen LogP contribution in [0.4, 0.5) is 0 Å². The Balaban J connectivity index is 0.00000364. The molecule has 0 fully saturated rings. The van der Waals surface area contributed by atoms with Crippen LogP contribution < -0.4 is 39.4 Å². The van der Waals surface area contributed by atoms with Crippen LogP contribution >= 0.6 is 0 Å². The van der Waals surface area contributed by atoms with E-state index in [2.05, 4.69) is 6.92 Å². The molecule has 142 valence electrons. The number of unbranched alkanes of at least 4 members (excludes halogenated alkanes) is 5. The zero-order chi connectivity index (χ0) is 19.0. The molecule has 27 heavy (non-hydrogen) atoms. The summed E-state index contributed by atoms with van der Waals surface area (Å²) in [6.45, 7) is 2.16. The quantitative estimate of drug-likeness (QED) is 0.373. The molecule has 0 saturated carbocycles. The van der Waals surface area contributed by atoms with Crippen LogP contribution in [0.15, 0.2) is 47.4 Å². The zero-order valence-electron chi connectivity index (χ0n) is 16.0. The summed E-state index contributed by atoms with van der Waals surface area (Å²) >= 11 is 0. The van der Waals surface area contributed by atoms with Crippen molar-refractivity contribution in [1.82, 2.24) is 0 Å². The topological polar surface area (TPSA) is 86.7 Å².